The molecule has 0 radical (unpaired) electrons. The number of carbonyl (C=O) groups excluding carboxylic acids is 1. The highest BCUT2D eigenvalue weighted by Crippen LogP contribution is 2.39. The molecule has 2 aliphatic heterocycles. The van der Waals surface area contributed by atoms with E-state index in [1.807, 2.05) is 0 Å². The van der Waals surface area contributed by atoms with Gasteiger partial charge in [0.2, 0.25) is 5.91 Å². The predicted octanol–water partition coefficient (Wildman–Crippen LogP) is 4.59. The Morgan fingerprint density at radius 2 is 2.10 bits per heavy atom. The van der Waals surface area contributed by atoms with E-state index in [2.05, 4.69) is 15.2 Å². The number of nitrogens with one attached hydrogen (secondary N) is 1. The number of thiazole rings is 1. The van der Waals surface area contributed by atoms with E-state index >= 15 is 0 Å². The third kappa shape index (κ3) is 5.01. The lowest BCUT2D eigenvalue weighted by atomic mass is 9.96. The second-order valence-electron chi connectivity index (χ2n) is 7.91. The first-order valence-electron chi connectivity index (χ1n) is 10.1. The van der Waals surface area contributed by atoms with Crippen molar-refractivity contribution in [3.63, 3.8) is 0 Å². The summed E-state index contributed by atoms with van der Waals surface area (Å²) in [5, 5.41) is 5.16. The van der Waals surface area contributed by atoms with Crippen LogP contribution in [-0.2, 0) is 15.7 Å². The molecular weight excluding hydrogens is 415 g/mol. The second kappa shape index (κ2) is 9.03. The molecule has 1 amide bonds. The van der Waals surface area contributed by atoms with Gasteiger partial charge in [0.25, 0.3) is 0 Å². The third-order valence-electron chi connectivity index (χ3n) is 5.87. The van der Waals surface area contributed by atoms with Crippen molar-refractivity contribution in [2.45, 2.75) is 31.5 Å². The van der Waals surface area contributed by atoms with Crippen molar-refractivity contribution in [2.75, 3.05) is 31.6 Å². The van der Waals surface area contributed by atoms with Gasteiger partial charge >= 0.3 is 6.18 Å². The number of ether oxygens (including phenoxy) is 1. The Morgan fingerprint density at radius 3 is 2.80 bits per heavy atom. The number of carbonyl (C=O) groups is 1. The molecular formula is C21H24F3N3O2S. The number of hydrogen-bond donors (Lipinski definition) is 1. The van der Waals surface area contributed by atoms with Gasteiger partial charge in [-0.3, -0.25) is 9.69 Å². The Hall–Kier alpha value is -1.97. The molecule has 2 atom stereocenters. The van der Waals surface area contributed by atoms with Gasteiger partial charge in [0, 0.05) is 43.9 Å². The first-order valence-corrected chi connectivity index (χ1v) is 11.0. The summed E-state index contributed by atoms with van der Waals surface area (Å²) < 4.78 is 45.2. The summed E-state index contributed by atoms with van der Waals surface area (Å²) in [6, 6.07) is 5.28. The van der Waals surface area contributed by atoms with E-state index in [1.165, 1.54) is 23.5 Å². The molecule has 9 heteroatoms. The molecule has 0 spiro atoms. The van der Waals surface area contributed by atoms with E-state index in [0.717, 1.165) is 25.5 Å². The number of alkyl halides is 3. The number of hydrogen-bond acceptors (Lipinski definition) is 5. The van der Waals surface area contributed by atoms with Crippen LogP contribution in [0.1, 0.15) is 36.4 Å². The van der Waals surface area contributed by atoms with Crippen LogP contribution in [0.25, 0.3) is 0 Å². The first-order chi connectivity index (χ1) is 14.4. The predicted molar refractivity (Wildman–Crippen MR) is 108 cm³/mol. The summed E-state index contributed by atoms with van der Waals surface area (Å²) in [5.74, 6) is -0.00231. The zero-order chi connectivity index (χ0) is 21.1. The van der Waals surface area contributed by atoms with Gasteiger partial charge in [-0.1, -0.05) is 12.1 Å². The summed E-state index contributed by atoms with van der Waals surface area (Å²) in [5.41, 5.74) is -0.0388. The van der Waals surface area contributed by atoms with E-state index in [9.17, 15) is 18.0 Å². The average Bonchev–Trinajstić information content (AvgIpc) is 3.38. The number of halogens is 3. The highest BCUT2D eigenvalue weighted by Gasteiger charge is 2.39. The normalized spacial score (nSPS) is 23.6. The summed E-state index contributed by atoms with van der Waals surface area (Å²) in [4.78, 5) is 19.1. The number of likely N-dealkylation sites (tertiary alicyclic amines) is 1. The summed E-state index contributed by atoms with van der Waals surface area (Å²) in [6.07, 6.45) is -0.412. The number of nitrogens with zero attached hydrogens (tertiary/aromatic N) is 2. The lowest BCUT2D eigenvalue weighted by molar-refractivity contribution is -0.137. The maximum atomic E-state index is 13.2. The van der Waals surface area contributed by atoms with E-state index in [0.29, 0.717) is 42.8 Å². The molecule has 2 saturated heterocycles. The van der Waals surface area contributed by atoms with Crippen LogP contribution in [0, 0.1) is 11.8 Å². The molecule has 1 aromatic heterocycles. The van der Waals surface area contributed by atoms with E-state index < -0.39 is 11.7 Å². The minimum Gasteiger partial charge on any atom is -0.381 e. The summed E-state index contributed by atoms with van der Waals surface area (Å²) in [7, 11) is 0. The Bertz CT molecular complexity index is 853. The maximum absolute atomic E-state index is 13.2. The fraction of sp³-hybridized carbons (Fsp3) is 0.524. The Kier molecular flexibility index (Phi) is 6.40. The minimum absolute atomic E-state index is 0.128. The van der Waals surface area contributed by atoms with Crippen LogP contribution in [-0.4, -0.2) is 42.1 Å². The smallest absolute Gasteiger partial charge is 0.381 e. The molecule has 30 heavy (non-hydrogen) atoms. The van der Waals surface area contributed by atoms with Crippen molar-refractivity contribution in [3.8, 4) is 0 Å². The molecule has 1 N–H and O–H groups in total. The Balaban J connectivity index is 1.54. The van der Waals surface area contributed by atoms with Crippen molar-refractivity contribution >= 4 is 22.4 Å². The topological polar surface area (TPSA) is 54.5 Å². The van der Waals surface area contributed by atoms with Crippen LogP contribution in [0.15, 0.2) is 35.8 Å². The summed E-state index contributed by atoms with van der Waals surface area (Å²) >= 11 is 1.35. The van der Waals surface area contributed by atoms with Gasteiger partial charge in [-0.15, -0.1) is 11.3 Å². The molecule has 0 saturated carbocycles. The van der Waals surface area contributed by atoms with Gasteiger partial charge in [-0.2, -0.15) is 13.2 Å². The fourth-order valence-corrected chi connectivity index (χ4v) is 4.85. The third-order valence-corrected chi connectivity index (χ3v) is 6.56. The Morgan fingerprint density at radius 1 is 1.30 bits per heavy atom. The molecule has 2 aliphatic rings. The molecule has 0 aliphatic carbocycles. The number of amides is 1. The van der Waals surface area contributed by atoms with Gasteiger partial charge in [0.1, 0.15) is 0 Å². The minimum atomic E-state index is -4.39. The van der Waals surface area contributed by atoms with Crippen LogP contribution < -0.4 is 5.32 Å². The molecule has 2 aromatic rings. The molecule has 0 unspecified atom stereocenters. The maximum Gasteiger partial charge on any atom is 0.416 e. The van der Waals surface area contributed by atoms with Crippen LogP contribution in [0.4, 0.5) is 18.3 Å². The molecule has 162 valence electrons. The molecule has 2 fully saturated rings. The quantitative estimate of drug-likeness (QED) is 0.741. The number of aromatic nitrogens is 1. The van der Waals surface area contributed by atoms with Crippen LogP contribution >= 0.6 is 11.3 Å². The van der Waals surface area contributed by atoms with Crippen molar-refractivity contribution in [1.82, 2.24) is 9.88 Å². The van der Waals surface area contributed by atoms with Crippen LogP contribution in [0.5, 0.6) is 0 Å². The van der Waals surface area contributed by atoms with Crippen molar-refractivity contribution < 1.29 is 22.7 Å². The molecule has 0 bridgehead atoms. The van der Waals surface area contributed by atoms with Crippen molar-refractivity contribution in [3.05, 3.63) is 47.0 Å². The van der Waals surface area contributed by atoms with E-state index in [4.69, 9.17) is 4.74 Å². The SMILES string of the molecule is O=C(Nc1nccs1)[C@@H]1C[C@@H](c2cccc(C(F)(F)F)c2)N(CC2CCOCC2)C1. The van der Waals surface area contributed by atoms with Gasteiger partial charge < -0.3 is 10.1 Å². The van der Waals surface area contributed by atoms with Gasteiger partial charge in [0.15, 0.2) is 5.13 Å². The molecule has 4 rings (SSSR count). The Labute approximate surface area is 177 Å². The standard InChI is InChI=1S/C21H24F3N3O2S/c22-21(23,24)17-3-1-2-15(10-17)18-11-16(19(28)26-20-25-6-9-30-20)13-27(18)12-14-4-7-29-8-5-14/h1-3,6,9-10,14,16,18H,4-5,7-8,11-13H2,(H,25,26,28)/t16-,18+/m1/s1. The first kappa shape index (κ1) is 21.3. The summed E-state index contributed by atoms with van der Waals surface area (Å²) in [6.45, 7) is 2.70. The molecule has 3 heterocycles. The zero-order valence-corrected chi connectivity index (χ0v) is 17.2. The van der Waals surface area contributed by atoms with Crippen molar-refractivity contribution in [2.24, 2.45) is 11.8 Å². The highest BCUT2D eigenvalue weighted by atomic mass is 32.1. The molecule has 1 aromatic carbocycles. The number of rotatable bonds is 5. The second-order valence-corrected chi connectivity index (χ2v) is 8.80. The van der Waals surface area contributed by atoms with Gasteiger partial charge in [-0.05, 0) is 42.9 Å². The lowest BCUT2D eigenvalue weighted by Crippen LogP contribution is -2.34. The van der Waals surface area contributed by atoms with Gasteiger partial charge in [-0.25, -0.2) is 4.98 Å². The molecule has 5 nitrogen and oxygen atoms in total. The zero-order valence-electron chi connectivity index (χ0n) is 16.4. The average molecular weight is 440 g/mol. The number of benzene rings is 1. The highest BCUT2D eigenvalue weighted by molar-refractivity contribution is 7.13. The van der Waals surface area contributed by atoms with Crippen molar-refractivity contribution in [1.29, 1.82) is 0 Å². The van der Waals surface area contributed by atoms with Gasteiger partial charge in [0.05, 0.1) is 11.5 Å². The lowest BCUT2D eigenvalue weighted by Gasteiger charge is -2.31. The van der Waals surface area contributed by atoms with E-state index in [-0.39, 0.29) is 17.9 Å². The largest absolute Gasteiger partial charge is 0.416 e. The van der Waals surface area contributed by atoms with Crippen LogP contribution in [0.2, 0.25) is 0 Å². The monoisotopic (exact) mass is 439 g/mol. The fourth-order valence-electron chi connectivity index (χ4n) is 4.32. The number of anilines is 1. The van der Waals surface area contributed by atoms with E-state index in [1.54, 1.807) is 17.6 Å². The van der Waals surface area contributed by atoms with Crippen LogP contribution in [0.3, 0.4) is 0 Å².